The van der Waals surface area contributed by atoms with Gasteiger partial charge in [0.15, 0.2) is 11.6 Å². The summed E-state index contributed by atoms with van der Waals surface area (Å²) < 4.78 is 0. The number of anilines is 2. The molecule has 0 atom stereocenters. The van der Waals surface area contributed by atoms with Gasteiger partial charge in [-0.3, -0.25) is 9.59 Å². The van der Waals surface area contributed by atoms with E-state index in [0.717, 1.165) is 0 Å². The van der Waals surface area contributed by atoms with E-state index < -0.39 is 0 Å². The normalized spacial score (nSPS) is 10.4. The van der Waals surface area contributed by atoms with Crippen molar-refractivity contribution in [3.8, 4) is 0 Å². The third kappa shape index (κ3) is 3.89. The second kappa shape index (κ2) is 6.82. The molecule has 0 aliphatic heterocycles. The first kappa shape index (κ1) is 15.7. The molecule has 2 aromatic rings. The topological polar surface area (TPSA) is 84.0 Å². The number of halogens is 2. The number of fused-ring (bicyclic) bond motifs is 1. The molecule has 0 bridgehead atoms. The largest absolute Gasteiger partial charge is 0.308 e. The van der Waals surface area contributed by atoms with Crippen LogP contribution in [0.2, 0.25) is 5.02 Å². The maximum atomic E-state index is 11.6. The lowest BCUT2D eigenvalue weighted by Crippen LogP contribution is -2.18. The molecule has 0 aliphatic carbocycles. The Morgan fingerprint density at radius 1 is 1.14 bits per heavy atom. The van der Waals surface area contributed by atoms with Crippen molar-refractivity contribution in [2.75, 3.05) is 16.0 Å². The molecule has 0 radical (unpaired) electrons. The van der Waals surface area contributed by atoms with Crippen LogP contribution in [0.3, 0.4) is 0 Å². The van der Waals surface area contributed by atoms with Crippen LogP contribution in [0.4, 0.5) is 11.6 Å². The maximum absolute atomic E-state index is 11.6. The zero-order chi connectivity index (χ0) is 15.4. The van der Waals surface area contributed by atoms with Gasteiger partial charge in [0.1, 0.15) is 0 Å². The van der Waals surface area contributed by atoms with Gasteiger partial charge < -0.3 is 10.6 Å². The van der Waals surface area contributed by atoms with Crippen LogP contribution in [-0.4, -0.2) is 27.1 Å². The van der Waals surface area contributed by atoms with Gasteiger partial charge in [0.2, 0.25) is 11.8 Å². The number of rotatable bonds is 4. The van der Waals surface area contributed by atoms with E-state index >= 15 is 0 Å². The van der Waals surface area contributed by atoms with Gasteiger partial charge in [0.05, 0.1) is 16.4 Å². The van der Waals surface area contributed by atoms with E-state index in [1.807, 2.05) is 0 Å². The lowest BCUT2D eigenvalue weighted by Gasteiger charge is -2.11. The van der Waals surface area contributed by atoms with E-state index in [-0.39, 0.29) is 28.8 Å². The summed E-state index contributed by atoms with van der Waals surface area (Å²) in [4.78, 5) is 31.7. The van der Waals surface area contributed by atoms with Crippen LogP contribution in [0.15, 0.2) is 18.2 Å². The van der Waals surface area contributed by atoms with Crippen molar-refractivity contribution in [2.24, 2.45) is 0 Å². The minimum Gasteiger partial charge on any atom is -0.308 e. The van der Waals surface area contributed by atoms with Crippen molar-refractivity contribution in [2.45, 2.75) is 13.3 Å². The highest BCUT2D eigenvalue weighted by atomic mass is 79.9. The Balaban J connectivity index is 2.50. The summed E-state index contributed by atoms with van der Waals surface area (Å²) >= 11 is 8.98. The Hall–Kier alpha value is -1.73. The van der Waals surface area contributed by atoms with Crippen molar-refractivity contribution in [3.05, 3.63) is 23.2 Å². The molecule has 21 heavy (non-hydrogen) atoms. The molecule has 2 N–H and O–H groups in total. The Morgan fingerprint density at radius 2 is 1.76 bits per heavy atom. The molecule has 110 valence electrons. The number of hydrogen-bond donors (Lipinski definition) is 2. The molecule has 0 saturated heterocycles. The Kier molecular flexibility index (Phi) is 5.08. The smallest absolute Gasteiger partial charge is 0.236 e. The molecule has 6 nitrogen and oxygen atoms in total. The van der Waals surface area contributed by atoms with E-state index in [1.165, 1.54) is 0 Å². The zero-order valence-electron chi connectivity index (χ0n) is 11.1. The van der Waals surface area contributed by atoms with Crippen molar-refractivity contribution in [3.63, 3.8) is 0 Å². The first-order valence-electron chi connectivity index (χ1n) is 6.16. The third-order valence-electron chi connectivity index (χ3n) is 2.58. The molecule has 8 heteroatoms. The fraction of sp³-hybridized carbons (Fsp3) is 0.231. The fourth-order valence-corrected chi connectivity index (χ4v) is 1.89. The number of carbonyl (C=O) groups is 2. The standard InChI is InChI=1S/C13H12BrClN4O2/c1-2-10(20)18-13-12(19-11(21)6-14)16-8-4-3-7(15)5-9(8)17-13/h3-5H,2,6H2,1H3,(H,16,19,21)(H,17,18,20). The molecule has 1 aromatic carbocycles. The summed E-state index contributed by atoms with van der Waals surface area (Å²) in [5, 5.41) is 5.84. The van der Waals surface area contributed by atoms with Crippen molar-refractivity contribution >= 4 is 62.0 Å². The summed E-state index contributed by atoms with van der Waals surface area (Å²) in [6.45, 7) is 1.72. The highest BCUT2D eigenvalue weighted by Crippen LogP contribution is 2.24. The van der Waals surface area contributed by atoms with E-state index in [1.54, 1.807) is 25.1 Å². The average Bonchev–Trinajstić information content (AvgIpc) is 2.47. The Labute approximate surface area is 134 Å². The molecule has 1 aromatic heterocycles. The van der Waals surface area contributed by atoms with E-state index in [2.05, 4.69) is 36.5 Å². The minimum absolute atomic E-state index is 0.120. The zero-order valence-corrected chi connectivity index (χ0v) is 13.5. The third-order valence-corrected chi connectivity index (χ3v) is 3.33. The van der Waals surface area contributed by atoms with E-state index in [9.17, 15) is 9.59 Å². The number of benzene rings is 1. The quantitative estimate of drug-likeness (QED) is 0.809. The number of amides is 2. The number of alkyl halides is 1. The lowest BCUT2D eigenvalue weighted by atomic mass is 10.3. The van der Waals surface area contributed by atoms with Crippen LogP contribution in [0.5, 0.6) is 0 Å². The van der Waals surface area contributed by atoms with Crippen molar-refractivity contribution < 1.29 is 9.59 Å². The fourth-order valence-electron chi connectivity index (χ4n) is 1.59. The van der Waals surface area contributed by atoms with Crippen LogP contribution >= 0.6 is 27.5 Å². The van der Waals surface area contributed by atoms with Gasteiger partial charge in [-0.25, -0.2) is 9.97 Å². The molecule has 0 fully saturated rings. The molecular formula is C13H12BrClN4O2. The van der Waals surface area contributed by atoms with Gasteiger partial charge in [-0.15, -0.1) is 0 Å². The monoisotopic (exact) mass is 370 g/mol. The van der Waals surface area contributed by atoms with Crippen LogP contribution in [0, 0.1) is 0 Å². The number of aromatic nitrogens is 2. The number of carbonyl (C=O) groups excluding carboxylic acids is 2. The molecule has 0 aliphatic rings. The van der Waals surface area contributed by atoms with Gasteiger partial charge in [-0.05, 0) is 18.2 Å². The summed E-state index contributed by atoms with van der Waals surface area (Å²) in [6.07, 6.45) is 0.293. The van der Waals surface area contributed by atoms with Crippen LogP contribution in [0.1, 0.15) is 13.3 Å². The molecule has 2 rings (SSSR count). The summed E-state index contributed by atoms with van der Waals surface area (Å²) in [6, 6.07) is 5.01. The van der Waals surface area contributed by atoms with Crippen molar-refractivity contribution in [1.82, 2.24) is 9.97 Å². The van der Waals surface area contributed by atoms with Gasteiger partial charge in [-0.1, -0.05) is 34.5 Å². The highest BCUT2D eigenvalue weighted by molar-refractivity contribution is 9.09. The molecule has 2 amide bonds. The minimum atomic E-state index is -0.287. The number of nitrogens with zero attached hydrogens (tertiary/aromatic N) is 2. The van der Waals surface area contributed by atoms with Gasteiger partial charge in [0, 0.05) is 11.4 Å². The molecule has 1 heterocycles. The molecular weight excluding hydrogens is 360 g/mol. The summed E-state index contributed by atoms with van der Waals surface area (Å²) in [5.74, 6) is -0.105. The van der Waals surface area contributed by atoms with Crippen molar-refractivity contribution in [1.29, 1.82) is 0 Å². The van der Waals surface area contributed by atoms with Gasteiger partial charge in [-0.2, -0.15) is 0 Å². The summed E-state index contributed by atoms with van der Waals surface area (Å²) in [5.41, 5.74) is 1.10. The molecule has 0 unspecified atom stereocenters. The predicted octanol–water partition coefficient (Wildman–Crippen LogP) is 2.97. The SMILES string of the molecule is CCC(=O)Nc1nc2cc(Cl)ccc2nc1NC(=O)CBr. The lowest BCUT2D eigenvalue weighted by molar-refractivity contribution is -0.116. The van der Waals surface area contributed by atoms with Gasteiger partial charge in [0.25, 0.3) is 0 Å². The van der Waals surface area contributed by atoms with E-state index in [0.29, 0.717) is 22.5 Å². The van der Waals surface area contributed by atoms with Crippen LogP contribution < -0.4 is 10.6 Å². The first-order chi connectivity index (χ1) is 10.0. The Bertz CT molecular complexity index is 708. The number of hydrogen-bond acceptors (Lipinski definition) is 4. The van der Waals surface area contributed by atoms with Crippen LogP contribution in [0.25, 0.3) is 11.0 Å². The number of nitrogens with one attached hydrogen (secondary N) is 2. The average molecular weight is 372 g/mol. The maximum Gasteiger partial charge on any atom is 0.236 e. The Morgan fingerprint density at radius 3 is 2.38 bits per heavy atom. The molecule has 0 spiro atoms. The predicted molar refractivity (Wildman–Crippen MR) is 85.9 cm³/mol. The molecule has 0 saturated carbocycles. The second-order valence-electron chi connectivity index (χ2n) is 4.14. The van der Waals surface area contributed by atoms with E-state index in [4.69, 9.17) is 11.6 Å². The first-order valence-corrected chi connectivity index (χ1v) is 7.66. The highest BCUT2D eigenvalue weighted by Gasteiger charge is 2.13. The second-order valence-corrected chi connectivity index (χ2v) is 5.13. The van der Waals surface area contributed by atoms with Crippen LogP contribution in [-0.2, 0) is 9.59 Å². The summed E-state index contributed by atoms with van der Waals surface area (Å²) in [7, 11) is 0. The van der Waals surface area contributed by atoms with Gasteiger partial charge >= 0.3 is 0 Å².